The Balaban J connectivity index is 2.87. The minimum Gasteiger partial charge on any atom is -0.465 e. The number of hydrogen-bond donors (Lipinski definition) is 2. The van der Waals surface area contributed by atoms with Crippen LogP contribution in [0, 0.1) is 0 Å². The lowest BCUT2D eigenvalue weighted by Crippen LogP contribution is -2.61. The number of amides is 1. The van der Waals surface area contributed by atoms with Crippen LogP contribution in [0.25, 0.3) is 0 Å². The van der Waals surface area contributed by atoms with Crippen LogP contribution < -0.4 is 5.32 Å². The highest BCUT2D eigenvalue weighted by atomic mass is 28.4. The number of rotatable bonds is 3. The van der Waals surface area contributed by atoms with Gasteiger partial charge in [0.15, 0.2) is 8.32 Å². The summed E-state index contributed by atoms with van der Waals surface area (Å²) in [4.78, 5) is 13.5. The van der Waals surface area contributed by atoms with Crippen LogP contribution in [0.4, 0.5) is 4.79 Å². The lowest BCUT2D eigenvalue weighted by Gasteiger charge is -2.48. The van der Waals surface area contributed by atoms with E-state index >= 15 is 0 Å². The number of carboxylic acid groups (broad SMARTS) is 1. The van der Waals surface area contributed by atoms with Crippen molar-refractivity contribution in [3.63, 3.8) is 0 Å². The zero-order valence-electron chi connectivity index (χ0n) is 15.5. The second kappa shape index (κ2) is 6.49. The predicted octanol–water partition coefficient (Wildman–Crippen LogP) is 3.52. The van der Waals surface area contributed by atoms with Crippen LogP contribution in [0.1, 0.15) is 48.0 Å². The topological polar surface area (TPSA) is 61.8 Å². The number of carbonyl (C=O) groups is 1. The van der Waals surface area contributed by atoms with Crippen molar-refractivity contribution in [1.29, 1.82) is 0 Å². The molecule has 1 fully saturated rings. The normalized spacial score (nSPS) is 25.1. The standard InChI is InChI=1S/C16H34N2O3Si/c1-15(2,3)18-10-9-13(12(11-18)17-14(19)20)21-22(7,8)16(4,5)6/h12-13,17H,9-11H2,1-8H3,(H,19,20)/t12-,13-/m0/s1. The molecule has 0 aromatic carbocycles. The Bertz CT molecular complexity index is 399. The van der Waals surface area contributed by atoms with Gasteiger partial charge in [0, 0.05) is 18.6 Å². The molecule has 130 valence electrons. The average molecular weight is 331 g/mol. The van der Waals surface area contributed by atoms with Crippen LogP contribution in [0.2, 0.25) is 18.1 Å². The van der Waals surface area contributed by atoms with Crippen LogP contribution >= 0.6 is 0 Å². The van der Waals surface area contributed by atoms with E-state index in [1.54, 1.807) is 0 Å². The fourth-order valence-corrected chi connectivity index (χ4v) is 3.93. The summed E-state index contributed by atoms with van der Waals surface area (Å²) < 4.78 is 6.50. The molecule has 1 amide bonds. The van der Waals surface area contributed by atoms with Gasteiger partial charge in [0.2, 0.25) is 0 Å². The van der Waals surface area contributed by atoms with Crippen molar-refractivity contribution in [1.82, 2.24) is 10.2 Å². The van der Waals surface area contributed by atoms with Gasteiger partial charge in [-0.2, -0.15) is 0 Å². The number of likely N-dealkylation sites (tertiary alicyclic amines) is 1. The summed E-state index contributed by atoms with van der Waals surface area (Å²) in [6, 6.07) is -0.167. The van der Waals surface area contributed by atoms with E-state index in [0.717, 1.165) is 13.0 Å². The lowest BCUT2D eigenvalue weighted by molar-refractivity contribution is 0.0167. The third-order valence-electron chi connectivity index (χ3n) is 5.06. The SMILES string of the molecule is CC(C)(C)N1CC[C@H](O[Si](C)(C)C(C)(C)C)[C@@H](NC(=O)O)C1. The number of hydrogen-bond acceptors (Lipinski definition) is 3. The van der Waals surface area contributed by atoms with Crippen molar-refractivity contribution in [3.05, 3.63) is 0 Å². The van der Waals surface area contributed by atoms with E-state index in [9.17, 15) is 4.79 Å². The van der Waals surface area contributed by atoms with Gasteiger partial charge in [-0.15, -0.1) is 0 Å². The molecule has 2 atom stereocenters. The summed E-state index contributed by atoms with van der Waals surface area (Å²) in [5, 5.41) is 12.0. The van der Waals surface area contributed by atoms with Crippen molar-refractivity contribution in [2.75, 3.05) is 13.1 Å². The summed E-state index contributed by atoms with van der Waals surface area (Å²) >= 11 is 0. The molecule has 0 saturated carbocycles. The van der Waals surface area contributed by atoms with Gasteiger partial charge in [0.1, 0.15) is 0 Å². The molecule has 0 aliphatic carbocycles. The first-order chi connectivity index (χ1) is 9.74. The third-order valence-corrected chi connectivity index (χ3v) is 9.56. The number of piperidine rings is 1. The summed E-state index contributed by atoms with van der Waals surface area (Å²) in [6.45, 7) is 19.2. The molecule has 1 saturated heterocycles. The van der Waals surface area contributed by atoms with Crippen LogP contribution in [0.15, 0.2) is 0 Å². The second-order valence-corrected chi connectivity index (χ2v) is 13.6. The van der Waals surface area contributed by atoms with Crippen LogP contribution in [-0.4, -0.2) is 55.2 Å². The summed E-state index contributed by atoms with van der Waals surface area (Å²) in [5.74, 6) is 0. The summed E-state index contributed by atoms with van der Waals surface area (Å²) in [5.41, 5.74) is 0.0420. The Kier molecular flexibility index (Phi) is 5.74. The molecule has 2 N–H and O–H groups in total. The first-order valence-corrected chi connectivity index (χ1v) is 11.1. The van der Waals surface area contributed by atoms with Gasteiger partial charge < -0.3 is 14.8 Å². The highest BCUT2D eigenvalue weighted by Crippen LogP contribution is 2.38. The molecule has 1 aliphatic heterocycles. The molecule has 0 radical (unpaired) electrons. The van der Waals surface area contributed by atoms with Crippen LogP contribution in [0.5, 0.6) is 0 Å². The van der Waals surface area contributed by atoms with Gasteiger partial charge in [-0.3, -0.25) is 4.90 Å². The summed E-state index contributed by atoms with van der Waals surface area (Å²) in [7, 11) is -1.90. The highest BCUT2D eigenvalue weighted by Gasteiger charge is 2.43. The average Bonchev–Trinajstić information content (AvgIpc) is 2.27. The van der Waals surface area contributed by atoms with Crippen LogP contribution in [-0.2, 0) is 4.43 Å². The molecule has 0 bridgehead atoms. The van der Waals surface area contributed by atoms with Gasteiger partial charge in [-0.1, -0.05) is 20.8 Å². The predicted molar refractivity (Wildman–Crippen MR) is 93.0 cm³/mol. The zero-order chi connectivity index (χ0) is 17.3. The van der Waals surface area contributed by atoms with E-state index in [4.69, 9.17) is 9.53 Å². The summed E-state index contributed by atoms with van der Waals surface area (Å²) in [6.07, 6.45) is -0.130. The number of nitrogens with zero attached hydrogens (tertiary/aromatic N) is 1. The van der Waals surface area contributed by atoms with E-state index < -0.39 is 14.4 Å². The number of nitrogens with one attached hydrogen (secondary N) is 1. The van der Waals surface area contributed by atoms with E-state index in [1.165, 1.54) is 0 Å². The van der Waals surface area contributed by atoms with E-state index in [0.29, 0.717) is 6.54 Å². The van der Waals surface area contributed by atoms with Crippen molar-refractivity contribution in [3.8, 4) is 0 Å². The molecule has 0 aromatic heterocycles. The zero-order valence-corrected chi connectivity index (χ0v) is 16.5. The molecule has 22 heavy (non-hydrogen) atoms. The van der Waals surface area contributed by atoms with Crippen molar-refractivity contribution < 1.29 is 14.3 Å². The molecule has 1 rings (SSSR count). The molecule has 1 heterocycles. The first-order valence-electron chi connectivity index (χ1n) is 8.16. The van der Waals surface area contributed by atoms with Crippen molar-refractivity contribution in [2.45, 2.75) is 83.8 Å². The third kappa shape index (κ3) is 4.96. The molecule has 0 aromatic rings. The molecule has 1 aliphatic rings. The smallest absolute Gasteiger partial charge is 0.405 e. The van der Waals surface area contributed by atoms with Gasteiger partial charge in [-0.25, -0.2) is 4.79 Å². The Morgan fingerprint density at radius 3 is 2.18 bits per heavy atom. The molecule has 0 unspecified atom stereocenters. The Labute approximate surface area is 136 Å². The van der Waals surface area contributed by atoms with Gasteiger partial charge in [-0.05, 0) is 45.3 Å². The van der Waals surface area contributed by atoms with E-state index in [-0.39, 0.29) is 22.7 Å². The largest absolute Gasteiger partial charge is 0.465 e. The fourth-order valence-electron chi connectivity index (χ4n) is 2.53. The molecular formula is C16H34N2O3Si. The second-order valence-electron chi connectivity index (χ2n) is 8.88. The Morgan fingerprint density at radius 2 is 1.77 bits per heavy atom. The minimum atomic E-state index is -1.90. The Hall–Kier alpha value is -0.593. The maximum atomic E-state index is 11.2. The quantitative estimate of drug-likeness (QED) is 0.777. The highest BCUT2D eigenvalue weighted by molar-refractivity contribution is 6.74. The van der Waals surface area contributed by atoms with Crippen molar-refractivity contribution >= 4 is 14.4 Å². The fraction of sp³-hybridized carbons (Fsp3) is 0.938. The monoisotopic (exact) mass is 330 g/mol. The van der Waals surface area contributed by atoms with Gasteiger partial charge >= 0.3 is 6.09 Å². The van der Waals surface area contributed by atoms with E-state index in [2.05, 4.69) is 64.9 Å². The van der Waals surface area contributed by atoms with Crippen molar-refractivity contribution in [2.24, 2.45) is 0 Å². The molecule has 5 nitrogen and oxygen atoms in total. The van der Waals surface area contributed by atoms with Crippen LogP contribution in [0.3, 0.4) is 0 Å². The maximum Gasteiger partial charge on any atom is 0.405 e. The maximum absolute atomic E-state index is 11.2. The minimum absolute atomic E-state index is 0.0319. The molecule has 6 heteroatoms. The Morgan fingerprint density at radius 1 is 1.23 bits per heavy atom. The molecular weight excluding hydrogens is 296 g/mol. The van der Waals surface area contributed by atoms with Gasteiger partial charge in [0.05, 0.1) is 12.1 Å². The van der Waals surface area contributed by atoms with E-state index in [1.807, 2.05) is 0 Å². The first kappa shape index (κ1) is 19.5. The van der Waals surface area contributed by atoms with Gasteiger partial charge in [0.25, 0.3) is 0 Å². The lowest BCUT2D eigenvalue weighted by atomic mass is 9.96. The molecule has 0 spiro atoms.